The Balaban J connectivity index is 1.63. The first-order valence-corrected chi connectivity index (χ1v) is 11.8. The van der Waals surface area contributed by atoms with Crippen LogP contribution in [0.25, 0.3) is 0 Å². The highest BCUT2D eigenvalue weighted by Gasteiger charge is 2.25. The minimum Gasteiger partial charge on any atom is -0.508 e. The molecule has 0 unspecified atom stereocenters. The minimum absolute atomic E-state index is 0.101. The number of benzene rings is 1. The van der Waals surface area contributed by atoms with E-state index in [1.807, 2.05) is 0 Å². The number of ether oxygens (including phenoxy) is 1. The number of aromatic hydroxyl groups is 1. The molecule has 0 saturated carbocycles. The van der Waals surface area contributed by atoms with Crippen LogP contribution in [0.3, 0.4) is 0 Å². The molecule has 2 heterocycles. The van der Waals surface area contributed by atoms with E-state index < -0.39 is 17.9 Å². The van der Waals surface area contributed by atoms with E-state index in [0.717, 1.165) is 16.9 Å². The standard InChI is InChI=1S/C23H23N3O6S2/c1-13-9-18(21(29)24-11-14-5-3-6-15(27)10-14)34-19(13)22(30)26-16(23(31)32-2)12-25-20(28)17-7-4-8-33-17/h3-10,16,27H,11-12H2,1-2H3,(H,24,29)(H,25,28)(H,26,30)/t16-/m0/s1. The molecule has 0 aliphatic carbocycles. The van der Waals surface area contributed by atoms with E-state index in [9.17, 15) is 24.3 Å². The molecule has 3 rings (SSSR count). The Morgan fingerprint density at radius 2 is 1.76 bits per heavy atom. The number of nitrogens with one attached hydrogen (secondary N) is 3. The maximum Gasteiger partial charge on any atom is 0.330 e. The summed E-state index contributed by atoms with van der Waals surface area (Å²) in [4.78, 5) is 50.8. The smallest absolute Gasteiger partial charge is 0.330 e. The third kappa shape index (κ3) is 6.42. The average Bonchev–Trinajstić information content (AvgIpc) is 3.49. The Labute approximate surface area is 203 Å². The van der Waals surface area contributed by atoms with Crippen molar-refractivity contribution >= 4 is 46.4 Å². The molecule has 0 fully saturated rings. The zero-order valence-corrected chi connectivity index (χ0v) is 20.0. The number of methoxy groups -OCH3 is 1. The summed E-state index contributed by atoms with van der Waals surface area (Å²) in [6.07, 6.45) is 0. The summed E-state index contributed by atoms with van der Waals surface area (Å²) in [5.74, 6) is -1.91. The van der Waals surface area contributed by atoms with Crippen molar-refractivity contribution in [2.75, 3.05) is 13.7 Å². The second kappa shape index (κ2) is 11.4. The SMILES string of the molecule is COC(=O)[C@H](CNC(=O)c1cccs1)NC(=O)c1sc(C(=O)NCc2cccc(O)c2)cc1C. The Morgan fingerprint density at radius 3 is 2.44 bits per heavy atom. The molecule has 9 nitrogen and oxygen atoms in total. The van der Waals surface area contributed by atoms with Gasteiger partial charge in [-0.2, -0.15) is 0 Å². The van der Waals surface area contributed by atoms with Gasteiger partial charge >= 0.3 is 5.97 Å². The van der Waals surface area contributed by atoms with Gasteiger partial charge in [-0.3, -0.25) is 14.4 Å². The molecule has 1 atom stereocenters. The molecular weight excluding hydrogens is 478 g/mol. The van der Waals surface area contributed by atoms with Crippen LogP contribution in [0.1, 0.15) is 40.1 Å². The van der Waals surface area contributed by atoms with E-state index in [2.05, 4.69) is 16.0 Å². The highest BCUT2D eigenvalue weighted by Crippen LogP contribution is 2.22. The second-order valence-corrected chi connectivity index (χ2v) is 9.21. The summed E-state index contributed by atoms with van der Waals surface area (Å²) in [5, 5.41) is 19.2. The molecule has 11 heteroatoms. The molecule has 2 aromatic heterocycles. The topological polar surface area (TPSA) is 134 Å². The highest BCUT2D eigenvalue weighted by atomic mass is 32.1. The number of phenolic OH excluding ortho intramolecular Hbond substituents is 1. The Hall–Kier alpha value is -3.70. The maximum atomic E-state index is 12.8. The number of carbonyl (C=O) groups is 4. The molecular formula is C23H23N3O6S2. The Morgan fingerprint density at radius 1 is 1.00 bits per heavy atom. The zero-order chi connectivity index (χ0) is 24.7. The van der Waals surface area contributed by atoms with Crippen LogP contribution in [0.4, 0.5) is 0 Å². The van der Waals surface area contributed by atoms with Crippen molar-refractivity contribution in [3.63, 3.8) is 0 Å². The van der Waals surface area contributed by atoms with Crippen LogP contribution in [0.15, 0.2) is 47.8 Å². The largest absolute Gasteiger partial charge is 0.508 e. The van der Waals surface area contributed by atoms with E-state index in [1.54, 1.807) is 48.7 Å². The van der Waals surface area contributed by atoms with Crippen LogP contribution >= 0.6 is 22.7 Å². The fourth-order valence-electron chi connectivity index (χ4n) is 3.00. The molecule has 0 aliphatic heterocycles. The van der Waals surface area contributed by atoms with Crippen LogP contribution in [0.5, 0.6) is 5.75 Å². The summed E-state index contributed by atoms with van der Waals surface area (Å²) in [6.45, 7) is 1.74. The lowest BCUT2D eigenvalue weighted by Gasteiger charge is -2.16. The first kappa shape index (κ1) is 24.9. The lowest BCUT2D eigenvalue weighted by molar-refractivity contribution is -0.142. The minimum atomic E-state index is -1.11. The van der Waals surface area contributed by atoms with Gasteiger partial charge in [0.1, 0.15) is 11.8 Å². The second-order valence-electron chi connectivity index (χ2n) is 7.21. The number of amides is 3. The van der Waals surface area contributed by atoms with E-state index >= 15 is 0 Å². The molecule has 3 aromatic rings. The van der Waals surface area contributed by atoms with Crippen molar-refractivity contribution < 1.29 is 29.0 Å². The van der Waals surface area contributed by atoms with Gasteiger partial charge < -0.3 is 25.8 Å². The van der Waals surface area contributed by atoms with Crippen molar-refractivity contribution in [3.8, 4) is 5.75 Å². The van der Waals surface area contributed by atoms with E-state index in [4.69, 9.17) is 4.74 Å². The number of hydrogen-bond acceptors (Lipinski definition) is 8. The number of rotatable bonds is 9. The molecule has 1 aromatic carbocycles. The van der Waals surface area contributed by atoms with E-state index in [-0.39, 0.29) is 35.5 Å². The molecule has 0 saturated heterocycles. The van der Waals surface area contributed by atoms with Gasteiger partial charge in [0.15, 0.2) is 0 Å². The van der Waals surface area contributed by atoms with Crippen LogP contribution < -0.4 is 16.0 Å². The molecule has 34 heavy (non-hydrogen) atoms. The Kier molecular flexibility index (Phi) is 8.39. The van der Waals surface area contributed by atoms with Crippen LogP contribution in [-0.4, -0.2) is 48.5 Å². The van der Waals surface area contributed by atoms with Gasteiger partial charge in [0, 0.05) is 13.1 Å². The summed E-state index contributed by atoms with van der Waals surface area (Å²) in [6, 6.07) is 10.4. The number of phenols is 1. The summed E-state index contributed by atoms with van der Waals surface area (Å²) >= 11 is 2.24. The fourth-order valence-corrected chi connectivity index (χ4v) is 4.64. The first-order chi connectivity index (χ1) is 16.3. The maximum absolute atomic E-state index is 12.8. The van der Waals surface area contributed by atoms with Crippen molar-refractivity contribution in [1.82, 2.24) is 16.0 Å². The molecule has 178 valence electrons. The molecule has 0 aliphatic rings. The lowest BCUT2D eigenvalue weighted by Crippen LogP contribution is -2.48. The lowest BCUT2D eigenvalue weighted by atomic mass is 10.2. The molecule has 3 amide bonds. The molecule has 0 radical (unpaired) electrons. The Bertz CT molecular complexity index is 1190. The van der Waals surface area contributed by atoms with Crippen LogP contribution in [-0.2, 0) is 16.1 Å². The molecule has 0 spiro atoms. The summed E-state index contributed by atoms with van der Waals surface area (Å²) < 4.78 is 4.75. The van der Waals surface area contributed by atoms with Crippen molar-refractivity contribution in [2.45, 2.75) is 19.5 Å². The fraction of sp³-hybridized carbons (Fsp3) is 0.217. The van der Waals surface area contributed by atoms with Gasteiger partial charge in [0.2, 0.25) is 0 Å². The summed E-state index contributed by atoms with van der Waals surface area (Å²) in [7, 11) is 1.19. The first-order valence-electron chi connectivity index (χ1n) is 10.2. The average molecular weight is 502 g/mol. The van der Waals surface area contributed by atoms with Crippen molar-refractivity contribution in [3.05, 3.63) is 73.6 Å². The quantitative estimate of drug-likeness (QED) is 0.333. The number of hydrogen-bond donors (Lipinski definition) is 4. The monoisotopic (exact) mass is 501 g/mol. The van der Waals surface area contributed by atoms with Crippen LogP contribution in [0.2, 0.25) is 0 Å². The van der Waals surface area contributed by atoms with Crippen LogP contribution in [0, 0.1) is 6.92 Å². The van der Waals surface area contributed by atoms with E-state index in [0.29, 0.717) is 15.3 Å². The van der Waals surface area contributed by atoms with Crippen molar-refractivity contribution in [2.24, 2.45) is 0 Å². The zero-order valence-electron chi connectivity index (χ0n) is 18.4. The van der Waals surface area contributed by atoms with Crippen molar-refractivity contribution in [1.29, 1.82) is 0 Å². The third-order valence-corrected chi connectivity index (χ3v) is 6.82. The van der Waals surface area contributed by atoms with Gasteiger partial charge in [0.25, 0.3) is 17.7 Å². The third-order valence-electron chi connectivity index (χ3n) is 4.71. The molecule has 0 bridgehead atoms. The van der Waals surface area contributed by atoms with Gasteiger partial charge in [-0.15, -0.1) is 22.7 Å². The highest BCUT2D eigenvalue weighted by molar-refractivity contribution is 7.16. The van der Waals surface area contributed by atoms with Gasteiger partial charge in [-0.05, 0) is 47.7 Å². The van der Waals surface area contributed by atoms with Gasteiger partial charge in [-0.25, -0.2) is 4.79 Å². The van der Waals surface area contributed by atoms with Gasteiger partial charge in [0.05, 0.1) is 21.7 Å². The number of esters is 1. The van der Waals surface area contributed by atoms with E-state index in [1.165, 1.54) is 24.5 Å². The predicted octanol–water partition coefficient (Wildman–Crippen LogP) is 2.46. The number of carbonyl (C=O) groups excluding carboxylic acids is 4. The molecule has 4 N–H and O–H groups in total. The summed E-state index contributed by atoms with van der Waals surface area (Å²) in [5.41, 5.74) is 1.29. The normalized spacial score (nSPS) is 11.4. The number of aryl methyl sites for hydroxylation is 1. The predicted molar refractivity (Wildman–Crippen MR) is 128 cm³/mol. The van der Waals surface area contributed by atoms with Gasteiger partial charge in [-0.1, -0.05) is 18.2 Å². The number of thiophene rings is 2.